The topological polar surface area (TPSA) is 58.6 Å². The molecule has 0 radical (unpaired) electrons. The Balaban J connectivity index is 1.74. The van der Waals surface area contributed by atoms with Crippen LogP contribution in [0.5, 0.6) is 5.75 Å². The number of halogens is 1. The third kappa shape index (κ3) is 6.81. The van der Waals surface area contributed by atoms with Crippen molar-refractivity contribution < 1.29 is 18.7 Å². The Labute approximate surface area is 190 Å². The SMILES string of the molecule is CC[C@H](C(=O)NC1CCCCC1)N(Cc1ccc(F)cc1)C(=O)COc1cccc(C)c1. The molecule has 1 aliphatic carbocycles. The zero-order valence-electron chi connectivity index (χ0n) is 19.0. The highest BCUT2D eigenvalue weighted by atomic mass is 19.1. The highest BCUT2D eigenvalue weighted by molar-refractivity contribution is 5.88. The summed E-state index contributed by atoms with van der Waals surface area (Å²) in [6.07, 6.45) is 5.87. The van der Waals surface area contributed by atoms with Gasteiger partial charge in [0.2, 0.25) is 5.91 Å². The lowest BCUT2D eigenvalue weighted by molar-refractivity contribution is -0.143. The van der Waals surface area contributed by atoms with Crippen LogP contribution in [0.2, 0.25) is 0 Å². The van der Waals surface area contributed by atoms with Crippen LogP contribution in [0.1, 0.15) is 56.6 Å². The van der Waals surface area contributed by atoms with Crippen molar-refractivity contribution in [3.05, 3.63) is 65.5 Å². The monoisotopic (exact) mass is 440 g/mol. The minimum absolute atomic E-state index is 0.134. The third-order valence-electron chi connectivity index (χ3n) is 5.96. The van der Waals surface area contributed by atoms with Gasteiger partial charge < -0.3 is 15.0 Å². The van der Waals surface area contributed by atoms with Crippen molar-refractivity contribution in [1.82, 2.24) is 10.2 Å². The molecule has 1 atom stereocenters. The Hall–Kier alpha value is -2.89. The van der Waals surface area contributed by atoms with E-state index in [0.717, 1.165) is 36.8 Å². The van der Waals surface area contributed by atoms with Gasteiger partial charge in [-0.05, 0) is 61.6 Å². The Morgan fingerprint density at radius 1 is 1.12 bits per heavy atom. The number of nitrogens with zero attached hydrogens (tertiary/aromatic N) is 1. The predicted octanol–water partition coefficient (Wildman–Crippen LogP) is 4.77. The fourth-order valence-corrected chi connectivity index (χ4v) is 4.18. The zero-order valence-corrected chi connectivity index (χ0v) is 19.0. The first-order valence-corrected chi connectivity index (χ1v) is 11.5. The zero-order chi connectivity index (χ0) is 22.9. The maximum absolute atomic E-state index is 13.4. The molecule has 0 saturated heterocycles. The normalized spacial score (nSPS) is 15.1. The molecule has 0 aliphatic heterocycles. The molecular weight excluding hydrogens is 407 g/mol. The van der Waals surface area contributed by atoms with E-state index in [-0.39, 0.29) is 36.8 Å². The number of carbonyl (C=O) groups is 2. The lowest BCUT2D eigenvalue weighted by atomic mass is 9.95. The summed E-state index contributed by atoms with van der Waals surface area (Å²) in [4.78, 5) is 27.9. The van der Waals surface area contributed by atoms with Crippen molar-refractivity contribution in [3.63, 3.8) is 0 Å². The molecule has 2 aromatic carbocycles. The minimum atomic E-state index is -0.615. The fourth-order valence-electron chi connectivity index (χ4n) is 4.18. The Kier molecular flexibility index (Phi) is 8.65. The van der Waals surface area contributed by atoms with Crippen molar-refractivity contribution in [2.24, 2.45) is 0 Å². The van der Waals surface area contributed by atoms with E-state index >= 15 is 0 Å². The number of carbonyl (C=O) groups excluding carboxylic acids is 2. The lowest BCUT2D eigenvalue weighted by Gasteiger charge is -2.32. The van der Waals surface area contributed by atoms with E-state index in [1.165, 1.54) is 18.6 Å². The van der Waals surface area contributed by atoms with E-state index in [0.29, 0.717) is 12.2 Å². The number of amides is 2. The summed E-state index contributed by atoms with van der Waals surface area (Å²) in [6, 6.07) is 13.1. The van der Waals surface area contributed by atoms with Crippen LogP contribution in [0.3, 0.4) is 0 Å². The van der Waals surface area contributed by atoms with Crippen molar-refractivity contribution in [2.75, 3.05) is 6.61 Å². The van der Waals surface area contributed by atoms with E-state index in [1.54, 1.807) is 23.1 Å². The molecule has 2 amide bonds. The first kappa shape index (κ1) is 23.8. The van der Waals surface area contributed by atoms with E-state index < -0.39 is 6.04 Å². The Morgan fingerprint density at radius 3 is 2.50 bits per heavy atom. The standard InChI is InChI=1S/C26H33FN2O3/c1-3-24(26(31)28-22-9-5-4-6-10-22)29(17-20-12-14-21(27)15-13-20)25(30)18-32-23-11-7-8-19(2)16-23/h7-8,11-16,22,24H,3-6,9-10,17-18H2,1-2H3,(H,28,31)/t24-/m1/s1. The summed E-state index contributed by atoms with van der Waals surface area (Å²) in [6.45, 7) is 3.90. The van der Waals surface area contributed by atoms with Gasteiger partial charge in [-0.1, -0.05) is 50.5 Å². The molecule has 0 heterocycles. The summed E-state index contributed by atoms with van der Waals surface area (Å²) < 4.78 is 19.1. The minimum Gasteiger partial charge on any atom is -0.484 e. The van der Waals surface area contributed by atoms with E-state index in [9.17, 15) is 14.0 Å². The number of nitrogens with one attached hydrogen (secondary N) is 1. The quantitative estimate of drug-likeness (QED) is 0.611. The number of hydrogen-bond donors (Lipinski definition) is 1. The fraction of sp³-hybridized carbons (Fsp3) is 0.462. The maximum Gasteiger partial charge on any atom is 0.261 e. The number of ether oxygens (including phenoxy) is 1. The molecule has 1 aliphatic rings. The molecule has 172 valence electrons. The van der Waals surface area contributed by atoms with E-state index in [2.05, 4.69) is 5.32 Å². The van der Waals surface area contributed by atoms with Crippen LogP contribution in [0.15, 0.2) is 48.5 Å². The largest absolute Gasteiger partial charge is 0.484 e. The van der Waals surface area contributed by atoms with Crippen LogP contribution in [0.4, 0.5) is 4.39 Å². The molecule has 5 nitrogen and oxygen atoms in total. The van der Waals surface area contributed by atoms with Crippen LogP contribution >= 0.6 is 0 Å². The number of benzene rings is 2. The second-order valence-corrected chi connectivity index (χ2v) is 8.52. The molecule has 0 spiro atoms. The van der Waals surface area contributed by atoms with Gasteiger partial charge in [0, 0.05) is 12.6 Å². The predicted molar refractivity (Wildman–Crippen MR) is 123 cm³/mol. The number of rotatable bonds is 9. The van der Waals surface area contributed by atoms with Gasteiger partial charge in [0.15, 0.2) is 6.61 Å². The van der Waals surface area contributed by atoms with Gasteiger partial charge in [0.1, 0.15) is 17.6 Å². The van der Waals surface area contributed by atoms with Gasteiger partial charge in [-0.15, -0.1) is 0 Å². The smallest absolute Gasteiger partial charge is 0.261 e. The average Bonchev–Trinajstić information content (AvgIpc) is 2.79. The van der Waals surface area contributed by atoms with Gasteiger partial charge in [-0.25, -0.2) is 4.39 Å². The Bertz CT molecular complexity index is 894. The van der Waals surface area contributed by atoms with Crippen LogP contribution < -0.4 is 10.1 Å². The van der Waals surface area contributed by atoms with Crippen molar-refractivity contribution >= 4 is 11.8 Å². The van der Waals surface area contributed by atoms with Crippen molar-refractivity contribution in [3.8, 4) is 5.75 Å². The van der Waals surface area contributed by atoms with Crippen LogP contribution in [-0.2, 0) is 16.1 Å². The summed E-state index contributed by atoms with van der Waals surface area (Å²) >= 11 is 0. The van der Waals surface area contributed by atoms with Crippen LogP contribution in [0, 0.1) is 12.7 Å². The Morgan fingerprint density at radius 2 is 1.84 bits per heavy atom. The number of aryl methyl sites for hydroxylation is 1. The summed E-state index contributed by atoms with van der Waals surface area (Å²) in [7, 11) is 0. The molecule has 1 fully saturated rings. The second-order valence-electron chi connectivity index (χ2n) is 8.52. The van der Waals surface area contributed by atoms with Gasteiger partial charge in [0.05, 0.1) is 0 Å². The second kappa shape index (κ2) is 11.7. The molecule has 0 unspecified atom stereocenters. The highest BCUT2D eigenvalue weighted by Crippen LogP contribution is 2.19. The summed E-state index contributed by atoms with van der Waals surface area (Å²) in [5, 5.41) is 3.15. The highest BCUT2D eigenvalue weighted by Gasteiger charge is 2.30. The van der Waals surface area contributed by atoms with Gasteiger partial charge in [-0.2, -0.15) is 0 Å². The lowest BCUT2D eigenvalue weighted by Crippen LogP contribution is -2.52. The molecule has 0 bridgehead atoms. The summed E-state index contributed by atoms with van der Waals surface area (Å²) in [5.74, 6) is -0.136. The first-order chi connectivity index (χ1) is 15.5. The van der Waals surface area contributed by atoms with E-state index in [1.807, 2.05) is 32.0 Å². The van der Waals surface area contributed by atoms with Gasteiger partial charge in [0.25, 0.3) is 5.91 Å². The molecule has 3 rings (SSSR count). The molecule has 1 N–H and O–H groups in total. The number of hydrogen-bond acceptors (Lipinski definition) is 3. The molecule has 32 heavy (non-hydrogen) atoms. The van der Waals surface area contributed by atoms with Crippen molar-refractivity contribution in [1.29, 1.82) is 0 Å². The maximum atomic E-state index is 13.4. The molecule has 6 heteroatoms. The van der Waals surface area contributed by atoms with Crippen molar-refractivity contribution in [2.45, 2.75) is 71.0 Å². The molecular formula is C26H33FN2O3. The molecule has 0 aromatic heterocycles. The molecule has 1 saturated carbocycles. The van der Waals surface area contributed by atoms with Crippen LogP contribution in [-0.4, -0.2) is 35.4 Å². The van der Waals surface area contributed by atoms with Gasteiger partial charge in [-0.3, -0.25) is 9.59 Å². The van der Waals surface area contributed by atoms with Gasteiger partial charge >= 0.3 is 0 Å². The summed E-state index contributed by atoms with van der Waals surface area (Å²) in [5.41, 5.74) is 1.80. The first-order valence-electron chi connectivity index (χ1n) is 11.5. The average molecular weight is 441 g/mol. The third-order valence-corrected chi connectivity index (χ3v) is 5.96. The van der Waals surface area contributed by atoms with Crippen LogP contribution in [0.25, 0.3) is 0 Å². The van der Waals surface area contributed by atoms with E-state index in [4.69, 9.17) is 4.74 Å². The molecule has 2 aromatic rings.